The van der Waals surface area contributed by atoms with E-state index in [0.717, 1.165) is 50.5 Å². The lowest BCUT2D eigenvalue weighted by Gasteiger charge is -2.22. The third-order valence-corrected chi connectivity index (χ3v) is 5.12. The Morgan fingerprint density at radius 1 is 1.25 bits per heavy atom. The van der Waals surface area contributed by atoms with Crippen LogP contribution in [0.15, 0.2) is 47.4 Å². The second-order valence-corrected chi connectivity index (χ2v) is 7.11. The van der Waals surface area contributed by atoms with Crippen molar-refractivity contribution < 1.29 is 4.74 Å². The van der Waals surface area contributed by atoms with Gasteiger partial charge in [0.15, 0.2) is 0 Å². The molecule has 1 saturated heterocycles. The molecule has 0 unspecified atom stereocenters. The van der Waals surface area contributed by atoms with E-state index in [1.807, 2.05) is 17.8 Å². The molecule has 4 rings (SSSR count). The molecule has 3 aromatic rings. The van der Waals surface area contributed by atoms with Crippen molar-refractivity contribution in [3.8, 4) is 0 Å². The molecule has 124 valence electrons. The van der Waals surface area contributed by atoms with Crippen LogP contribution in [0.4, 0.5) is 0 Å². The molecule has 0 radical (unpaired) electrons. The maximum Gasteiger partial charge on any atom is 0.0795 e. The molecule has 1 aliphatic heterocycles. The molecule has 0 saturated carbocycles. The van der Waals surface area contributed by atoms with E-state index in [4.69, 9.17) is 4.74 Å². The van der Waals surface area contributed by atoms with Crippen molar-refractivity contribution in [2.45, 2.75) is 13.0 Å². The minimum Gasteiger partial charge on any atom is -0.380 e. The van der Waals surface area contributed by atoms with Crippen LogP contribution < -0.4 is 0 Å². The lowest BCUT2D eigenvalue weighted by atomic mass is 9.98. The number of aromatic nitrogens is 2. The smallest absolute Gasteiger partial charge is 0.0795 e. The summed E-state index contributed by atoms with van der Waals surface area (Å²) in [5.41, 5.74) is 5.49. The van der Waals surface area contributed by atoms with Crippen molar-refractivity contribution in [3.63, 3.8) is 0 Å². The number of nitrogens with zero attached hydrogens (tertiary/aromatic N) is 3. The molecule has 24 heavy (non-hydrogen) atoms. The average molecular weight is 339 g/mol. The van der Waals surface area contributed by atoms with E-state index in [0.29, 0.717) is 5.92 Å². The van der Waals surface area contributed by atoms with Gasteiger partial charge >= 0.3 is 0 Å². The van der Waals surface area contributed by atoms with E-state index in [1.165, 1.54) is 10.9 Å². The molecule has 1 atom stereocenters. The van der Waals surface area contributed by atoms with Gasteiger partial charge in [0.1, 0.15) is 0 Å². The summed E-state index contributed by atoms with van der Waals surface area (Å²) in [7, 11) is 0. The Hall–Kier alpha value is -1.82. The lowest BCUT2D eigenvalue weighted by Crippen LogP contribution is -2.30. The van der Waals surface area contributed by atoms with Crippen LogP contribution in [0.5, 0.6) is 0 Å². The molecule has 5 heteroatoms. The molecule has 2 aromatic heterocycles. The standard InChI is InChI=1S/C19H21N3OS/c1-2-17-9-15(3-4-19(17)20-5-1)8-16-10-22(6-7-23-12-16)11-18-13-24-14-21-18/h1-5,9,13-14,16H,6-8,10-12H2/t16-/m0/s1. The number of benzene rings is 1. The molecular formula is C19H21N3OS. The summed E-state index contributed by atoms with van der Waals surface area (Å²) in [4.78, 5) is 11.3. The van der Waals surface area contributed by atoms with Crippen molar-refractivity contribution in [1.82, 2.24) is 14.9 Å². The van der Waals surface area contributed by atoms with Crippen LogP contribution in [-0.4, -0.2) is 41.2 Å². The maximum atomic E-state index is 5.84. The van der Waals surface area contributed by atoms with Crippen LogP contribution in [0, 0.1) is 5.92 Å². The van der Waals surface area contributed by atoms with Gasteiger partial charge in [-0.3, -0.25) is 9.88 Å². The summed E-state index contributed by atoms with van der Waals surface area (Å²) in [6, 6.07) is 10.7. The van der Waals surface area contributed by atoms with Gasteiger partial charge in [-0.1, -0.05) is 12.1 Å². The third-order valence-electron chi connectivity index (χ3n) is 4.48. The largest absolute Gasteiger partial charge is 0.380 e. The van der Waals surface area contributed by atoms with Crippen LogP contribution in [0.2, 0.25) is 0 Å². The second kappa shape index (κ2) is 7.38. The Kier molecular flexibility index (Phi) is 4.83. The normalized spacial score (nSPS) is 19.4. The number of pyridine rings is 1. The summed E-state index contributed by atoms with van der Waals surface area (Å²) < 4.78 is 5.84. The lowest BCUT2D eigenvalue weighted by molar-refractivity contribution is 0.121. The molecule has 0 amide bonds. The first-order valence-corrected chi connectivity index (χ1v) is 9.32. The molecule has 0 aliphatic carbocycles. The highest BCUT2D eigenvalue weighted by atomic mass is 32.1. The zero-order valence-electron chi connectivity index (χ0n) is 13.6. The highest BCUT2D eigenvalue weighted by molar-refractivity contribution is 7.07. The number of fused-ring (bicyclic) bond motifs is 1. The second-order valence-electron chi connectivity index (χ2n) is 6.39. The van der Waals surface area contributed by atoms with Crippen LogP contribution in [0.1, 0.15) is 11.3 Å². The predicted molar refractivity (Wildman–Crippen MR) is 97.1 cm³/mol. The molecule has 3 heterocycles. The molecule has 4 nitrogen and oxygen atoms in total. The number of ether oxygens (including phenoxy) is 1. The fourth-order valence-corrected chi connectivity index (χ4v) is 3.90. The Bertz CT molecular complexity index is 790. The van der Waals surface area contributed by atoms with E-state index in [-0.39, 0.29) is 0 Å². The van der Waals surface area contributed by atoms with Gasteiger partial charge in [-0.25, -0.2) is 4.98 Å². The van der Waals surface area contributed by atoms with Gasteiger partial charge in [-0.15, -0.1) is 11.3 Å². The highest BCUT2D eigenvalue weighted by Crippen LogP contribution is 2.19. The van der Waals surface area contributed by atoms with Crippen molar-refractivity contribution in [2.24, 2.45) is 5.92 Å². The fourth-order valence-electron chi connectivity index (χ4n) is 3.35. The molecule has 0 spiro atoms. The zero-order chi connectivity index (χ0) is 16.2. The first-order chi connectivity index (χ1) is 11.9. The summed E-state index contributed by atoms with van der Waals surface area (Å²) in [5, 5.41) is 3.35. The number of hydrogen-bond donors (Lipinski definition) is 0. The fraction of sp³-hybridized carbons (Fsp3) is 0.368. The van der Waals surface area contributed by atoms with Gasteiger partial charge in [-0.2, -0.15) is 0 Å². The average Bonchev–Trinajstić information content (AvgIpc) is 3.01. The quantitative estimate of drug-likeness (QED) is 0.730. The number of hydrogen-bond acceptors (Lipinski definition) is 5. The summed E-state index contributed by atoms with van der Waals surface area (Å²) in [6.45, 7) is 4.60. The van der Waals surface area contributed by atoms with Crippen molar-refractivity contribution in [2.75, 3.05) is 26.3 Å². The van der Waals surface area contributed by atoms with Crippen molar-refractivity contribution in [1.29, 1.82) is 0 Å². The van der Waals surface area contributed by atoms with Gasteiger partial charge in [0.2, 0.25) is 0 Å². The summed E-state index contributed by atoms with van der Waals surface area (Å²) in [6.07, 6.45) is 2.88. The van der Waals surface area contributed by atoms with Gasteiger partial charge < -0.3 is 4.74 Å². The summed E-state index contributed by atoms with van der Waals surface area (Å²) in [5.74, 6) is 0.514. The minimum absolute atomic E-state index is 0.514. The Morgan fingerprint density at radius 2 is 2.25 bits per heavy atom. The van der Waals surface area contributed by atoms with Gasteiger partial charge in [0.05, 0.1) is 29.9 Å². The molecular weight excluding hydrogens is 318 g/mol. The zero-order valence-corrected chi connectivity index (χ0v) is 14.4. The van der Waals surface area contributed by atoms with Gasteiger partial charge in [-0.05, 0) is 36.1 Å². The Labute approximate surface area is 146 Å². The van der Waals surface area contributed by atoms with E-state index < -0.39 is 0 Å². The monoisotopic (exact) mass is 339 g/mol. The molecule has 0 bridgehead atoms. The van der Waals surface area contributed by atoms with E-state index in [9.17, 15) is 0 Å². The maximum absolute atomic E-state index is 5.84. The van der Waals surface area contributed by atoms with Crippen LogP contribution in [-0.2, 0) is 17.7 Å². The third kappa shape index (κ3) is 3.80. The predicted octanol–water partition coefficient (Wildman–Crippen LogP) is 3.38. The van der Waals surface area contributed by atoms with Gasteiger partial charge in [0.25, 0.3) is 0 Å². The van der Waals surface area contributed by atoms with Crippen LogP contribution in [0.3, 0.4) is 0 Å². The SMILES string of the molecule is c1cnc2ccc(C[C@@H]3COCCN(Cc4cscn4)C3)cc2c1. The minimum atomic E-state index is 0.514. The molecule has 0 N–H and O–H groups in total. The molecule has 1 fully saturated rings. The Morgan fingerprint density at radius 3 is 3.17 bits per heavy atom. The molecule has 1 aliphatic rings. The first-order valence-electron chi connectivity index (χ1n) is 8.37. The number of thiazole rings is 1. The number of rotatable bonds is 4. The van der Waals surface area contributed by atoms with Crippen LogP contribution >= 0.6 is 11.3 Å². The van der Waals surface area contributed by atoms with E-state index in [1.54, 1.807) is 11.3 Å². The first kappa shape index (κ1) is 15.7. The van der Waals surface area contributed by atoms with E-state index >= 15 is 0 Å². The van der Waals surface area contributed by atoms with Crippen molar-refractivity contribution in [3.05, 3.63) is 58.7 Å². The topological polar surface area (TPSA) is 38.2 Å². The van der Waals surface area contributed by atoms with Crippen LogP contribution in [0.25, 0.3) is 10.9 Å². The van der Waals surface area contributed by atoms with E-state index in [2.05, 4.69) is 44.5 Å². The van der Waals surface area contributed by atoms with Gasteiger partial charge in [0, 0.05) is 36.6 Å². The van der Waals surface area contributed by atoms with Crippen molar-refractivity contribution >= 4 is 22.2 Å². The summed E-state index contributed by atoms with van der Waals surface area (Å²) >= 11 is 1.66. The molecule has 1 aromatic carbocycles. The Balaban J connectivity index is 1.45. The highest BCUT2D eigenvalue weighted by Gasteiger charge is 2.19.